The van der Waals surface area contributed by atoms with E-state index in [1.807, 2.05) is 6.92 Å². The molecule has 4 nitrogen and oxygen atoms in total. The van der Waals surface area contributed by atoms with Crippen LogP contribution in [-0.4, -0.2) is 20.9 Å². The number of carbonyl (C=O) groups excluding carboxylic acids is 1. The molecule has 94 valence electrons. The largest absolute Gasteiger partial charge is 0.298 e. The number of fused-ring (bicyclic) bond motifs is 1. The molecule has 0 aliphatic carbocycles. The summed E-state index contributed by atoms with van der Waals surface area (Å²) in [5.74, 6) is 0.282. The SMILES string of the molecule is Cc1cc(C=O)cn2c(-c3ccc(F)cc3)nnc12. The number of carbonyl (C=O) groups is 1. The van der Waals surface area contributed by atoms with Gasteiger partial charge in [0.05, 0.1) is 0 Å². The third-order valence-electron chi connectivity index (χ3n) is 2.95. The normalized spacial score (nSPS) is 10.8. The van der Waals surface area contributed by atoms with Crippen molar-refractivity contribution in [2.75, 3.05) is 0 Å². The number of hydrogen-bond acceptors (Lipinski definition) is 3. The van der Waals surface area contributed by atoms with E-state index in [1.165, 1.54) is 12.1 Å². The first-order valence-electron chi connectivity index (χ1n) is 5.75. The number of aromatic nitrogens is 3. The predicted octanol–water partition coefficient (Wildman–Crippen LogP) is 2.66. The maximum absolute atomic E-state index is 12.9. The Kier molecular flexibility index (Phi) is 2.59. The van der Waals surface area contributed by atoms with Crippen LogP contribution in [0.4, 0.5) is 4.39 Å². The van der Waals surface area contributed by atoms with Crippen LogP contribution in [0.25, 0.3) is 17.0 Å². The van der Waals surface area contributed by atoms with E-state index in [0.29, 0.717) is 17.0 Å². The molecule has 5 heteroatoms. The first kappa shape index (κ1) is 11.5. The third-order valence-corrected chi connectivity index (χ3v) is 2.95. The average molecular weight is 255 g/mol. The van der Waals surface area contributed by atoms with Crippen LogP contribution in [0.5, 0.6) is 0 Å². The Morgan fingerprint density at radius 2 is 1.95 bits per heavy atom. The Hall–Kier alpha value is -2.56. The Morgan fingerprint density at radius 3 is 2.63 bits per heavy atom. The second-order valence-electron chi connectivity index (χ2n) is 4.30. The van der Waals surface area contributed by atoms with Gasteiger partial charge in [0, 0.05) is 17.3 Å². The smallest absolute Gasteiger partial charge is 0.168 e. The lowest BCUT2D eigenvalue weighted by Crippen LogP contribution is -1.94. The van der Waals surface area contributed by atoms with Crippen LogP contribution in [0.1, 0.15) is 15.9 Å². The molecule has 1 aromatic carbocycles. The number of benzene rings is 1. The van der Waals surface area contributed by atoms with Gasteiger partial charge in [-0.3, -0.25) is 9.20 Å². The van der Waals surface area contributed by atoms with E-state index in [4.69, 9.17) is 0 Å². The van der Waals surface area contributed by atoms with Gasteiger partial charge < -0.3 is 0 Å². The maximum Gasteiger partial charge on any atom is 0.168 e. The molecule has 0 radical (unpaired) electrons. The van der Waals surface area contributed by atoms with Crippen molar-refractivity contribution >= 4 is 11.9 Å². The summed E-state index contributed by atoms with van der Waals surface area (Å²) in [5, 5.41) is 8.20. The van der Waals surface area contributed by atoms with E-state index < -0.39 is 0 Å². The van der Waals surface area contributed by atoms with Gasteiger partial charge in [0.1, 0.15) is 5.82 Å². The zero-order chi connectivity index (χ0) is 13.4. The highest BCUT2D eigenvalue weighted by atomic mass is 19.1. The molecule has 0 spiro atoms. The molecule has 0 N–H and O–H groups in total. The van der Waals surface area contributed by atoms with Crippen molar-refractivity contribution in [2.24, 2.45) is 0 Å². The number of aldehydes is 1. The summed E-state index contributed by atoms with van der Waals surface area (Å²) in [7, 11) is 0. The van der Waals surface area contributed by atoms with Gasteiger partial charge in [0.2, 0.25) is 0 Å². The third kappa shape index (κ3) is 1.89. The molecular weight excluding hydrogens is 245 g/mol. The Bertz CT molecular complexity index is 762. The van der Waals surface area contributed by atoms with E-state index in [2.05, 4.69) is 10.2 Å². The number of halogens is 1. The molecule has 0 fully saturated rings. The molecule has 0 amide bonds. The summed E-state index contributed by atoms with van der Waals surface area (Å²) in [6.07, 6.45) is 2.45. The van der Waals surface area contributed by atoms with Gasteiger partial charge >= 0.3 is 0 Å². The molecule has 0 saturated heterocycles. The predicted molar refractivity (Wildman–Crippen MR) is 68.5 cm³/mol. The molecule has 3 rings (SSSR count). The second-order valence-corrected chi connectivity index (χ2v) is 4.30. The average Bonchev–Trinajstić information content (AvgIpc) is 2.84. The number of pyridine rings is 1. The van der Waals surface area contributed by atoms with Crippen LogP contribution >= 0.6 is 0 Å². The number of aryl methyl sites for hydroxylation is 1. The number of nitrogens with zero attached hydrogens (tertiary/aromatic N) is 3. The molecule has 0 aliphatic rings. The Balaban J connectivity index is 2.27. The van der Waals surface area contributed by atoms with Crippen molar-refractivity contribution in [2.45, 2.75) is 6.92 Å². The standard InChI is InChI=1S/C14H10FN3O/c1-9-6-10(8-19)7-18-13(9)16-17-14(18)11-2-4-12(15)5-3-11/h2-8H,1H3. The van der Waals surface area contributed by atoms with Gasteiger partial charge in [-0.1, -0.05) is 0 Å². The van der Waals surface area contributed by atoms with Gasteiger partial charge in [-0.2, -0.15) is 0 Å². The van der Waals surface area contributed by atoms with Crippen molar-refractivity contribution in [3.63, 3.8) is 0 Å². The second kappa shape index (κ2) is 4.28. The van der Waals surface area contributed by atoms with Crippen molar-refractivity contribution in [3.8, 4) is 11.4 Å². The quantitative estimate of drug-likeness (QED) is 0.661. The highest BCUT2D eigenvalue weighted by Gasteiger charge is 2.10. The number of hydrogen-bond donors (Lipinski definition) is 0. The lowest BCUT2D eigenvalue weighted by atomic mass is 10.2. The van der Waals surface area contributed by atoms with Crippen LogP contribution in [0.2, 0.25) is 0 Å². The lowest BCUT2D eigenvalue weighted by molar-refractivity contribution is 0.112. The first-order valence-corrected chi connectivity index (χ1v) is 5.75. The fourth-order valence-electron chi connectivity index (χ4n) is 2.04. The van der Waals surface area contributed by atoms with E-state index in [0.717, 1.165) is 17.4 Å². The van der Waals surface area contributed by atoms with E-state index in [-0.39, 0.29) is 5.82 Å². The zero-order valence-corrected chi connectivity index (χ0v) is 10.2. The first-order chi connectivity index (χ1) is 9.19. The van der Waals surface area contributed by atoms with Crippen molar-refractivity contribution in [1.29, 1.82) is 0 Å². The molecule has 0 saturated carbocycles. The Labute approximate surface area is 108 Å². The fraction of sp³-hybridized carbons (Fsp3) is 0.0714. The van der Waals surface area contributed by atoms with Gasteiger partial charge in [-0.05, 0) is 42.8 Å². The summed E-state index contributed by atoms with van der Waals surface area (Å²) in [5.41, 5.74) is 2.85. The van der Waals surface area contributed by atoms with E-state index >= 15 is 0 Å². The van der Waals surface area contributed by atoms with Crippen LogP contribution in [0, 0.1) is 12.7 Å². The molecular formula is C14H10FN3O. The zero-order valence-electron chi connectivity index (χ0n) is 10.2. The molecule has 0 atom stereocenters. The van der Waals surface area contributed by atoms with Crippen LogP contribution < -0.4 is 0 Å². The fourth-order valence-corrected chi connectivity index (χ4v) is 2.04. The van der Waals surface area contributed by atoms with E-state index in [9.17, 15) is 9.18 Å². The molecule has 0 aliphatic heterocycles. The molecule has 0 unspecified atom stereocenters. The molecule has 2 aromatic heterocycles. The summed E-state index contributed by atoms with van der Waals surface area (Å²) >= 11 is 0. The number of rotatable bonds is 2. The van der Waals surface area contributed by atoms with Gasteiger partial charge in [0.25, 0.3) is 0 Å². The molecule has 19 heavy (non-hydrogen) atoms. The van der Waals surface area contributed by atoms with Crippen LogP contribution in [0.15, 0.2) is 36.5 Å². The van der Waals surface area contributed by atoms with Crippen molar-refractivity contribution < 1.29 is 9.18 Å². The monoisotopic (exact) mass is 255 g/mol. The molecule has 3 aromatic rings. The minimum Gasteiger partial charge on any atom is -0.298 e. The van der Waals surface area contributed by atoms with Crippen molar-refractivity contribution in [1.82, 2.24) is 14.6 Å². The lowest BCUT2D eigenvalue weighted by Gasteiger charge is -2.02. The topological polar surface area (TPSA) is 47.3 Å². The summed E-state index contributed by atoms with van der Waals surface area (Å²) in [6, 6.07) is 7.76. The van der Waals surface area contributed by atoms with Gasteiger partial charge in [-0.25, -0.2) is 4.39 Å². The summed E-state index contributed by atoms with van der Waals surface area (Å²) in [4.78, 5) is 10.9. The Morgan fingerprint density at radius 1 is 1.21 bits per heavy atom. The highest BCUT2D eigenvalue weighted by Crippen LogP contribution is 2.20. The van der Waals surface area contributed by atoms with Gasteiger partial charge in [-0.15, -0.1) is 10.2 Å². The minimum absolute atomic E-state index is 0.303. The van der Waals surface area contributed by atoms with E-state index in [1.54, 1.807) is 28.8 Å². The van der Waals surface area contributed by atoms with Crippen LogP contribution in [-0.2, 0) is 0 Å². The molecule has 2 heterocycles. The highest BCUT2D eigenvalue weighted by molar-refractivity contribution is 5.76. The summed E-state index contributed by atoms with van der Waals surface area (Å²) in [6.45, 7) is 1.87. The van der Waals surface area contributed by atoms with Crippen molar-refractivity contribution in [3.05, 3.63) is 53.5 Å². The minimum atomic E-state index is -0.303. The molecule has 0 bridgehead atoms. The van der Waals surface area contributed by atoms with Crippen LogP contribution in [0.3, 0.4) is 0 Å². The van der Waals surface area contributed by atoms with Gasteiger partial charge in [0.15, 0.2) is 17.8 Å². The maximum atomic E-state index is 12.9. The summed E-state index contributed by atoms with van der Waals surface area (Å²) < 4.78 is 14.7.